The molecule has 0 saturated heterocycles. The lowest BCUT2D eigenvalue weighted by atomic mass is 10.0. The average molecular weight is 399 g/mol. The minimum Gasteiger partial charge on any atom is -0.497 e. The molecule has 0 saturated carbocycles. The summed E-state index contributed by atoms with van der Waals surface area (Å²) in [6.07, 6.45) is 1.56. The highest BCUT2D eigenvalue weighted by molar-refractivity contribution is 6.07. The fraction of sp³-hybridized carbons (Fsp3) is 0.0417. The van der Waals surface area contributed by atoms with Crippen molar-refractivity contribution in [3.05, 3.63) is 95.8 Å². The Morgan fingerprint density at radius 1 is 1.03 bits per heavy atom. The monoisotopic (exact) mass is 399 g/mol. The van der Waals surface area contributed by atoms with Crippen molar-refractivity contribution in [2.75, 3.05) is 7.11 Å². The van der Waals surface area contributed by atoms with E-state index < -0.39 is 0 Å². The Morgan fingerprint density at radius 2 is 1.77 bits per heavy atom. The number of pyridine rings is 1. The summed E-state index contributed by atoms with van der Waals surface area (Å²) in [6, 6.07) is 22.4. The Morgan fingerprint density at radius 3 is 2.50 bits per heavy atom. The molecule has 1 N–H and O–H groups in total. The lowest BCUT2D eigenvalue weighted by Crippen LogP contribution is -2.18. The van der Waals surface area contributed by atoms with E-state index in [0.29, 0.717) is 22.2 Å². The number of ether oxygens (including phenoxy) is 1. The first-order valence-electron chi connectivity index (χ1n) is 9.27. The van der Waals surface area contributed by atoms with Crippen molar-refractivity contribution in [2.45, 2.75) is 0 Å². The van der Waals surface area contributed by atoms with Crippen LogP contribution in [0.2, 0.25) is 0 Å². The largest absolute Gasteiger partial charge is 0.497 e. The maximum absolute atomic E-state index is 13.3. The first-order chi connectivity index (χ1) is 14.6. The summed E-state index contributed by atoms with van der Waals surface area (Å²) in [4.78, 5) is 17.5. The van der Waals surface area contributed by atoms with Crippen LogP contribution in [0.25, 0.3) is 22.2 Å². The molecular formula is C24H18FN3O2. The summed E-state index contributed by atoms with van der Waals surface area (Å²) in [5.74, 6) is 0.0554. The average Bonchev–Trinajstić information content (AvgIpc) is 2.79. The third kappa shape index (κ3) is 4.17. The smallest absolute Gasteiger partial charge is 0.272 e. The van der Waals surface area contributed by atoms with Crippen molar-refractivity contribution >= 4 is 23.0 Å². The van der Waals surface area contributed by atoms with Gasteiger partial charge in [-0.3, -0.25) is 4.79 Å². The van der Waals surface area contributed by atoms with Gasteiger partial charge in [0.15, 0.2) is 0 Å². The van der Waals surface area contributed by atoms with Crippen LogP contribution in [0.1, 0.15) is 15.9 Å². The molecule has 4 rings (SSSR count). The third-order valence-electron chi connectivity index (χ3n) is 4.60. The molecule has 0 aliphatic carbocycles. The first kappa shape index (κ1) is 19.3. The van der Waals surface area contributed by atoms with Crippen LogP contribution in [0.4, 0.5) is 4.39 Å². The number of nitrogens with one attached hydrogen (secondary N) is 1. The van der Waals surface area contributed by atoms with Crippen LogP contribution in [0.5, 0.6) is 5.75 Å². The molecule has 1 heterocycles. The van der Waals surface area contributed by atoms with E-state index in [0.717, 1.165) is 16.9 Å². The second kappa shape index (κ2) is 8.53. The van der Waals surface area contributed by atoms with Gasteiger partial charge in [0.25, 0.3) is 5.91 Å². The zero-order valence-corrected chi connectivity index (χ0v) is 16.2. The molecule has 0 bridgehead atoms. The van der Waals surface area contributed by atoms with Crippen molar-refractivity contribution in [2.24, 2.45) is 5.10 Å². The molecule has 30 heavy (non-hydrogen) atoms. The molecule has 0 aliphatic rings. The summed E-state index contributed by atoms with van der Waals surface area (Å²) < 4.78 is 18.4. The minimum absolute atomic E-state index is 0.328. The number of para-hydroxylation sites is 1. The quantitative estimate of drug-likeness (QED) is 0.387. The zero-order valence-electron chi connectivity index (χ0n) is 16.2. The number of aromatic nitrogens is 1. The third-order valence-corrected chi connectivity index (χ3v) is 4.60. The van der Waals surface area contributed by atoms with Gasteiger partial charge in [0.2, 0.25) is 0 Å². The second-order valence-corrected chi connectivity index (χ2v) is 6.55. The number of halogens is 1. The molecule has 5 nitrogen and oxygen atoms in total. The van der Waals surface area contributed by atoms with Crippen LogP contribution in [-0.2, 0) is 0 Å². The molecule has 6 heteroatoms. The molecule has 0 spiro atoms. The molecular weight excluding hydrogens is 381 g/mol. The van der Waals surface area contributed by atoms with Gasteiger partial charge in [-0.15, -0.1) is 0 Å². The number of hydrogen-bond acceptors (Lipinski definition) is 4. The van der Waals surface area contributed by atoms with Crippen LogP contribution in [-0.4, -0.2) is 24.2 Å². The van der Waals surface area contributed by atoms with E-state index >= 15 is 0 Å². The maximum atomic E-state index is 13.3. The highest BCUT2D eigenvalue weighted by Crippen LogP contribution is 2.25. The number of rotatable bonds is 5. The Labute approximate surface area is 172 Å². The molecule has 0 radical (unpaired) electrons. The SMILES string of the molecule is COc1ccc(/C=N\NC(=O)c2cc(-c3ccc(F)cc3)nc3ccccc23)cc1. The Balaban J connectivity index is 1.63. The number of methoxy groups -OCH3 is 1. The molecule has 0 aliphatic heterocycles. The number of amides is 1. The second-order valence-electron chi connectivity index (χ2n) is 6.55. The van der Waals surface area contributed by atoms with E-state index in [1.165, 1.54) is 12.1 Å². The molecule has 148 valence electrons. The van der Waals surface area contributed by atoms with Gasteiger partial charge in [0.05, 0.1) is 30.1 Å². The Bertz CT molecular complexity index is 1220. The van der Waals surface area contributed by atoms with Gasteiger partial charge in [0, 0.05) is 10.9 Å². The highest BCUT2D eigenvalue weighted by atomic mass is 19.1. The molecule has 0 fully saturated rings. The number of carbonyl (C=O) groups excluding carboxylic acids is 1. The summed E-state index contributed by atoms with van der Waals surface area (Å²) >= 11 is 0. The van der Waals surface area contributed by atoms with Crippen molar-refractivity contribution < 1.29 is 13.9 Å². The summed E-state index contributed by atoms with van der Waals surface area (Å²) in [5, 5.41) is 4.77. The normalized spacial score (nSPS) is 11.0. The Hall–Kier alpha value is -4.06. The van der Waals surface area contributed by atoms with E-state index in [2.05, 4.69) is 15.5 Å². The fourth-order valence-corrected chi connectivity index (χ4v) is 3.05. The van der Waals surface area contributed by atoms with Crippen molar-refractivity contribution in [1.29, 1.82) is 0 Å². The van der Waals surface area contributed by atoms with E-state index in [9.17, 15) is 9.18 Å². The van der Waals surface area contributed by atoms with E-state index in [-0.39, 0.29) is 11.7 Å². The molecule has 0 atom stereocenters. The standard InChI is InChI=1S/C24H18FN3O2/c1-30-19-12-6-16(7-13-19)15-26-28-24(29)21-14-23(17-8-10-18(25)11-9-17)27-22-5-3-2-4-20(21)22/h2-15H,1H3,(H,28,29)/b26-15-. The maximum Gasteiger partial charge on any atom is 0.272 e. The van der Waals surface area contributed by atoms with Gasteiger partial charge >= 0.3 is 0 Å². The van der Waals surface area contributed by atoms with Gasteiger partial charge in [0.1, 0.15) is 11.6 Å². The van der Waals surface area contributed by atoms with Gasteiger partial charge in [-0.1, -0.05) is 18.2 Å². The lowest BCUT2D eigenvalue weighted by molar-refractivity contribution is 0.0956. The predicted molar refractivity (Wildman–Crippen MR) is 115 cm³/mol. The zero-order chi connectivity index (χ0) is 20.9. The van der Waals surface area contributed by atoms with E-state index in [1.807, 2.05) is 48.5 Å². The van der Waals surface area contributed by atoms with Gasteiger partial charge in [-0.05, 0) is 66.2 Å². The van der Waals surface area contributed by atoms with Crippen molar-refractivity contribution in [3.63, 3.8) is 0 Å². The molecule has 0 unspecified atom stereocenters. The van der Waals surface area contributed by atoms with Gasteiger partial charge < -0.3 is 4.74 Å². The number of carbonyl (C=O) groups is 1. The summed E-state index contributed by atoms with van der Waals surface area (Å²) in [6.45, 7) is 0. The number of hydrazone groups is 1. The van der Waals surface area contributed by atoms with E-state index in [4.69, 9.17) is 4.74 Å². The van der Waals surface area contributed by atoms with Crippen LogP contribution in [0.15, 0.2) is 84.0 Å². The van der Waals surface area contributed by atoms with Crippen LogP contribution in [0.3, 0.4) is 0 Å². The molecule has 3 aromatic carbocycles. The predicted octanol–water partition coefficient (Wildman–Crippen LogP) is 4.81. The van der Waals surface area contributed by atoms with Crippen LogP contribution < -0.4 is 10.2 Å². The van der Waals surface area contributed by atoms with Gasteiger partial charge in [-0.2, -0.15) is 5.10 Å². The van der Waals surface area contributed by atoms with E-state index in [1.54, 1.807) is 31.5 Å². The van der Waals surface area contributed by atoms with Crippen molar-refractivity contribution in [3.8, 4) is 17.0 Å². The highest BCUT2D eigenvalue weighted by Gasteiger charge is 2.13. The number of hydrogen-bond donors (Lipinski definition) is 1. The Kier molecular flexibility index (Phi) is 5.48. The molecule has 1 aromatic heterocycles. The van der Waals surface area contributed by atoms with Crippen LogP contribution in [0, 0.1) is 5.82 Å². The van der Waals surface area contributed by atoms with Crippen molar-refractivity contribution in [1.82, 2.24) is 10.4 Å². The summed E-state index contributed by atoms with van der Waals surface area (Å²) in [7, 11) is 1.60. The molecule has 1 amide bonds. The van der Waals surface area contributed by atoms with Gasteiger partial charge in [-0.25, -0.2) is 14.8 Å². The fourth-order valence-electron chi connectivity index (χ4n) is 3.05. The molecule has 4 aromatic rings. The first-order valence-corrected chi connectivity index (χ1v) is 9.27. The number of nitrogens with zero attached hydrogens (tertiary/aromatic N) is 2. The van der Waals surface area contributed by atoms with Crippen LogP contribution >= 0.6 is 0 Å². The topological polar surface area (TPSA) is 63.6 Å². The number of benzene rings is 3. The number of fused-ring (bicyclic) bond motifs is 1. The lowest BCUT2D eigenvalue weighted by Gasteiger charge is -2.09. The minimum atomic E-state index is -0.360. The summed E-state index contributed by atoms with van der Waals surface area (Å²) in [5.41, 5.74) is 5.80.